The smallest absolute Gasteiger partial charge is 0.1000 e. The van der Waals surface area contributed by atoms with Gasteiger partial charge in [0, 0.05) is 24.0 Å². The monoisotopic (exact) mass is 344 g/mol. The van der Waals surface area contributed by atoms with Gasteiger partial charge in [0.1, 0.15) is 0 Å². The molecule has 4 rings (SSSR count). The third-order valence-corrected chi connectivity index (χ3v) is 5.86. The average Bonchev–Trinajstić information content (AvgIpc) is 3.23. The van der Waals surface area contributed by atoms with Crippen molar-refractivity contribution in [3.05, 3.63) is 39.7 Å². The Morgan fingerprint density at radius 1 is 1.22 bits per heavy atom. The quantitative estimate of drug-likeness (QED) is 0.796. The standard InChI is InChI=1S/C18H20N2OS2/c22-18(20-6-8-21-9-7-20)11-17-19-16(12-23-17)15-5-4-13-2-1-3-14(13)10-15/h4-5,10,12H,1-3,6-9,11H2. The first-order valence-corrected chi connectivity index (χ1v) is 9.50. The molecule has 1 aliphatic heterocycles. The molecular weight excluding hydrogens is 324 g/mol. The van der Waals surface area contributed by atoms with Crippen molar-refractivity contribution >= 4 is 28.5 Å². The van der Waals surface area contributed by atoms with Crippen molar-refractivity contribution in [2.75, 3.05) is 26.3 Å². The minimum Gasteiger partial charge on any atom is -0.378 e. The third-order valence-electron chi connectivity index (χ3n) is 4.61. The highest BCUT2D eigenvalue weighted by molar-refractivity contribution is 7.80. The fourth-order valence-corrected chi connectivity index (χ4v) is 4.53. The Morgan fingerprint density at radius 2 is 2.04 bits per heavy atom. The van der Waals surface area contributed by atoms with Gasteiger partial charge in [-0.3, -0.25) is 0 Å². The summed E-state index contributed by atoms with van der Waals surface area (Å²) in [5.74, 6) is 0. The predicted octanol–water partition coefficient (Wildman–Crippen LogP) is 3.50. The topological polar surface area (TPSA) is 25.4 Å². The van der Waals surface area contributed by atoms with Crippen LogP contribution >= 0.6 is 23.6 Å². The van der Waals surface area contributed by atoms with Crippen molar-refractivity contribution in [2.45, 2.75) is 25.7 Å². The molecular formula is C18H20N2OS2. The largest absolute Gasteiger partial charge is 0.378 e. The third kappa shape index (κ3) is 3.32. The van der Waals surface area contributed by atoms with Crippen molar-refractivity contribution in [1.82, 2.24) is 9.88 Å². The number of aryl methyl sites for hydroxylation is 2. The number of aromatic nitrogens is 1. The molecule has 0 radical (unpaired) electrons. The summed E-state index contributed by atoms with van der Waals surface area (Å²) in [4.78, 5) is 8.05. The van der Waals surface area contributed by atoms with Crippen molar-refractivity contribution in [3.8, 4) is 11.3 Å². The first kappa shape index (κ1) is 15.2. The van der Waals surface area contributed by atoms with E-state index in [2.05, 4.69) is 28.5 Å². The summed E-state index contributed by atoms with van der Waals surface area (Å²) in [5, 5.41) is 3.27. The van der Waals surface area contributed by atoms with Crippen LogP contribution in [0, 0.1) is 0 Å². The zero-order valence-electron chi connectivity index (χ0n) is 13.1. The predicted molar refractivity (Wildman–Crippen MR) is 98.3 cm³/mol. The molecule has 0 N–H and O–H groups in total. The molecule has 0 saturated carbocycles. The Labute approximate surface area is 146 Å². The maximum absolute atomic E-state index is 5.58. The van der Waals surface area contributed by atoms with Crippen molar-refractivity contribution < 1.29 is 4.74 Å². The van der Waals surface area contributed by atoms with Crippen LogP contribution < -0.4 is 0 Å². The zero-order chi connectivity index (χ0) is 15.6. The maximum Gasteiger partial charge on any atom is 0.1000 e. The zero-order valence-corrected chi connectivity index (χ0v) is 14.7. The molecule has 1 aromatic carbocycles. The van der Waals surface area contributed by atoms with E-state index in [1.54, 1.807) is 11.3 Å². The van der Waals surface area contributed by atoms with Crippen molar-refractivity contribution in [1.29, 1.82) is 0 Å². The van der Waals surface area contributed by atoms with Gasteiger partial charge in [-0.1, -0.05) is 24.4 Å². The Morgan fingerprint density at radius 3 is 2.91 bits per heavy atom. The second kappa shape index (κ2) is 6.67. The van der Waals surface area contributed by atoms with E-state index in [0.29, 0.717) is 0 Å². The number of ether oxygens (including phenoxy) is 1. The fourth-order valence-electron chi connectivity index (χ4n) is 3.31. The maximum atomic E-state index is 5.58. The summed E-state index contributed by atoms with van der Waals surface area (Å²) < 4.78 is 5.38. The van der Waals surface area contributed by atoms with Crippen LogP contribution in [0.5, 0.6) is 0 Å². The number of benzene rings is 1. The second-order valence-electron chi connectivity index (χ2n) is 6.13. The number of nitrogens with zero attached hydrogens (tertiary/aromatic N) is 2. The van der Waals surface area contributed by atoms with Crippen LogP contribution in [-0.2, 0) is 24.0 Å². The SMILES string of the molecule is S=C(Cc1nc(-c2ccc3c(c2)CCC3)cs1)N1CCOCC1. The summed E-state index contributed by atoms with van der Waals surface area (Å²) in [6, 6.07) is 6.81. The Bertz CT molecular complexity index is 720. The first-order valence-electron chi connectivity index (χ1n) is 8.22. The Balaban J connectivity index is 1.47. The van der Waals surface area contributed by atoms with Gasteiger partial charge in [-0.15, -0.1) is 11.3 Å². The molecule has 0 bridgehead atoms. The van der Waals surface area contributed by atoms with Crippen LogP contribution in [0.1, 0.15) is 22.6 Å². The van der Waals surface area contributed by atoms with E-state index < -0.39 is 0 Å². The van der Waals surface area contributed by atoms with E-state index in [9.17, 15) is 0 Å². The van der Waals surface area contributed by atoms with Gasteiger partial charge in [-0.25, -0.2) is 4.98 Å². The minimum absolute atomic E-state index is 0.769. The molecule has 0 atom stereocenters. The van der Waals surface area contributed by atoms with Gasteiger partial charge in [0.25, 0.3) is 0 Å². The molecule has 0 spiro atoms. The van der Waals surface area contributed by atoms with E-state index in [1.165, 1.54) is 36.0 Å². The normalized spacial score (nSPS) is 17.3. The van der Waals surface area contributed by atoms with Gasteiger partial charge in [-0.05, 0) is 36.5 Å². The lowest BCUT2D eigenvalue weighted by atomic mass is 10.1. The van der Waals surface area contributed by atoms with Crippen LogP contribution in [-0.4, -0.2) is 41.2 Å². The molecule has 0 amide bonds. The molecule has 2 aliphatic rings. The second-order valence-corrected chi connectivity index (χ2v) is 7.55. The molecule has 1 saturated heterocycles. The lowest BCUT2D eigenvalue weighted by Crippen LogP contribution is -2.40. The van der Waals surface area contributed by atoms with Crippen LogP contribution in [0.4, 0.5) is 0 Å². The summed E-state index contributed by atoms with van der Waals surface area (Å²) in [5.41, 5.74) is 5.34. The number of fused-ring (bicyclic) bond motifs is 1. The van der Waals surface area contributed by atoms with E-state index >= 15 is 0 Å². The van der Waals surface area contributed by atoms with E-state index in [1.807, 2.05) is 0 Å². The van der Waals surface area contributed by atoms with Crippen molar-refractivity contribution in [2.24, 2.45) is 0 Å². The molecule has 1 fully saturated rings. The van der Waals surface area contributed by atoms with Gasteiger partial charge in [0.05, 0.1) is 35.3 Å². The van der Waals surface area contributed by atoms with Gasteiger partial charge in [0.2, 0.25) is 0 Å². The first-order chi connectivity index (χ1) is 11.3. The number of rotatable bonds is 3. The van der Waals surface area contributed by atoms with E-state index in [4.69, 9.17) is 21.9 Å². The number of hydrogen-bond acceptors (Lipinski definition) is 4. The average molecular weight is 345 g/mol. The van der Waals surface area contributed by atoms with Crippen LogP contribution in [0.15, 0.2) is 23.6 Å². The molecule has 120 valence electrons. The lowest BCUT2D eigenvalue weighted by molar-refractivity contribution is 0.0684. The van der Waals surface area contributed by atoms with Gasteiger partial charge in [-0.2, -0.15) is 0 Å². The molecule has 2 aromatic rings. The summed E-state index contributed by atoms with van der Waals surface area (Å²) in [6.07, 6.45) is 4.49. The van der Waals surface area contributed by atoms with Gasteiger partial charge in [0.15, 0.2) is 0 Å². The number of morpholine rings is 1. The molecule has 0 unspecified atom stereocenters. The van der Waals surface area contributed by atoms with Crippen LogP contribution in [0.3, 0.4) is 0 Å². The minimum atomic E-state index is 0.769. The van der Waals surface area contributed by atoms with E-state index in [0.717, 1.165) is 48.4 Å². The van der Waals surface area contributed by atoms with Gasteiger partial charge >= 0.3 is 0 Å². The Hall–Kier alpha value is -1.30. The van der Waals surface area contributed by atoms with Gasteiger partial charge < -0.3 is 9.64 Å². The molecule has 2 heterocycles. The van der Waals surface area contributed by atoms with Crippen LogP contribution in [0.25, 0.3) is 11.3 Å². The van der Waals surface area contributed by atoms with Crippen LogP contribution in [0.2, 0.25) is 0 Å². The molecule has 3 nitrogen and oxygen atoms in total. The Kier molecular flexibility index (Phi) is 4.42. The number of thiazole rings is 1. The number of thiocarbonyl (C=S) groups is 1. The number of hydrogen-bond donors (Lipinski definition) is 0. The highest BCUT2D eigenvalue weighted by Crippen LogP contribution is 2.29. The highest BCUT2D eigenvalue weighted by Gasteiger charge is 2.16. The molecule has 23 heavy (non-hydrogen) atoms. The summed E-state index contributed by atoms with van der Waals surface area (Å²) in [7, 11) is 0. The van der Waals surface area contributed by atoms with Crippen molar-refractivity contribution in [3.63, 3.8) is 0 Å². The van der Waals surface area contributed by atoms with E-state index in [-0.39, 0.29) is 0 Å². The fraction of sp³-hybridized carbons (Fsp3) is 0.444. The molecule has 1 aromatic heterocycles. The highest BCUT2D eigenvalue weighted by atomic mass is 32.1. The lowest BCUT2D eigenvalue weighted by Gasteiger charge is -2.28. The summed E-state index contributed by atoms with van der Waals surface area (Å²) in [6.45, 7) is 3.36. The summed E-state index contributed by atoms with van der Waals surface area (Å²) >= 11 is 7.30. The molecule has 5 heteroatoms. The molecule has 1 aliphatic carbocycles.